The van der Waals surface area contributed by atoms with Crippen LogP contribution in [-0.2, 0) is 0 Å². The van der Waals surface area contributed by atoms with Gasteiger partial charge in [0.2, 0.25) is 0 Å². The zero-order valence-corrected chi connectivity index (χ0v) is 9.57. The van der Waals surface area contributed by atoms with Crippen molar-refractivity contribution in [3.8, 4) is 5.75 Å². The maximum atomic E-state index is 9.36. The number of phenolic OH excluding ortho intramolecular Hbond substituents is 1. The van der Waals surface area contributed by atoms with Gasteiger partial charge in [-0.05, 0) is 36.8 Å². The minimum absolute atomic E-state index is 0.202. The fraction of sp³-hybridized carbons (Fsp3) is 0.0769. The van der Waals surface area contributed by atoms with Crippen LogP contribution in [0.5, 0.6) is 5.75 Å². The van der Waals surface area contributed by atoms with Crippen LogP contribution in [0.25, 0.3) is 0 Å². The van der Waals surface area contributed by atoms with Gasteiger partial charge in [0.1, 0.15) is 5.75 Å². The molecule has 0 aliphatic heterocycles. The number of aromatic hydroxyl groups is 1. The molecule has 4 nitrogen and oxygen atoms in total. The number of anilines is 4. The van der Waals surface area contributed by atoms with E-state index in [1.165, 1.54) is 0 Å². The zero-order chi connectivity index (χ0) is 12.4. The molecule has 0 saturated carbocycles. The van der Waals surface area contributed by atoms with Crippen LogP contribution in [0.1, 0.15) is 5.56 Å². The Morgan fingerprint density at radius 2 is 1.82 bits per heavy atom. The smallest absolute Gasteiger partial charge is 0.117 e. The van der Waals surface area contributed by atoms with Crippen molar-refractivity contribution in [2.24, 2.45) is 0 Å². The van der Waals surface area contributed by atoms with E-state index in [4.69, 9.17) is 11.5 Å². The molecule has 0 fully saturated rings. The van der Waals surface area contributed by atoms with Crippen molar-refractivity contribution in [3.63, 3.8) is 0 Å². The molecule has 2 rings (SSSR count). The number of nitrogen functional groups attached to an aromatic ring is 2. The summed E-state index contributed by atoms with van der Waals surface area (Å²) in [6.45, 7) is 1.91. The van der Waals surface area contributed by atoms with Crippen molar-refractivity contribution in [2.75, 3.05) is 16.8 Å². The van der Waals surface area contributed by atoms with Gasteiger partial charge in [0.05, 0.1) is 11.4 Å². The maximum absolute atomic E-state index is 9.36. The summed E-state index contributed by atoms with van der Waals surface area (Å²) in [6.07, 6.45) is 0. The Bertz CT molecular complexity index is 552. The molecule has 88 valence electrons. The minimum Gasteiger partial charge on any atom is -0.508 e. The molecule has 0 unspecified atom stereocenters. The number of aryl methyl sites for hydroxylation is 1. The summed E-state index contributed by atoms with van der Waals surface area (Å²) < 4.78 is 0. The third kappa shape index (κ3) is 2.42. The van der Waals surface area contributed by atoms with Crippen LogP contribution >= 0.6 is 0 Å². The molecular weight excluding hydrogens is 214 g/mol. The van der Waals surface area contributed by atoms with Crippen molar-refractivity contribution in [1.29, 1.82) is 0 Å². The molecule has 0 atom stereocenters. The summed E-state index contributed by atoms with van der Waals surface area (Å²) in [5.41, 5.74) is 15.5. The monoisotopic (exact) mass is 229 g/mol. The van der Waals surface area contributed by atoms with E-state index < -0.39 is 0 Å². The number of hydrogen-bond donors (Lipinski definition) is 4. The first-order valence-corrected chi connectivity index (χ1v) is 5.28. The molecular formula is C13H15N3O. The lowest BCUT2D eigenvalue weighted by molar-refractivity contribution is 0.475. The fourth-order valence-electron chi connectivity index (χ4n) is 1.59. The van der Waals surface area contributed by atoms with Gasteiger partial charge in [-0.1, -0.05) is 6.07 Å². The van der Waals surface area contributed by atoms with Crippen LogP contribution in [0.4, 0.5) is 22.7 Å². The van der Waals surface area contributed by atoms with Gasteiger partial charge in [0.15, 0.2) is 0 Å². The van der Waals surface area contributed by atoms with E-state index in [1.54, 1.807) is 24.3 Å². The van der Waals surface area contributed by atoms with Crippen LogP contribution < -0.4 is 16.8 Å². The molecule has 4 heteroatoms. The molecule has 0 aromatic heterocycles. The Hall–Kier alpha value is -2.36. The zero-order valence-electron chi connectivity index (χ0n) is 9.57. The summed E-state index contributed by atoms with van der Waals surface area (Å²) >= 11 is 0. The lowest BCUT2D eigenvalue weighted by Gasteiger charge is -2.12. The first-order valence-electron chi connectivity index (χ1n) is 5.28. The molecule has 0 amide bonds. The van der Waals surface area contributed by atoms with E-state index in [0.717, 1.165) is 16.9 Å². The summed E-state index contributed by atoms with van der Waals surface area (Å²) in [5.74, 6) is 0.202. The fourth-order valence-corrected chi connectivity index (χ4v) is 1.59. The molecule has 0 spiro atoms. The summed E-state index contributed by atoms with van der Waals surface area (Å²) in [5, 5.41) is 12.5. The third-order valence-corrected chi connectivity index (χ3v) is 2.56. The van der Waals surface area contributed by atoms with Gasteiger partial charge >= 0.3 is 0 Å². The highest BCUT2D eigenvalue weighted by atomic mass is 16.3. The second-order valence-corrected chi connectivity index (χ2v) is 3.97. The second-order valence-electron chi connectivity index (χ2n) is 3.97. The van der Waals surface area contributed by atoms with E-state index in [1.807, 2.05) is 19.1 Å². The van der Waals surface area contributed by atoms with Gasteiger partial charge in [0.25, 0.3) is 0 Å². The van der Waals surface area contributed by atoms with E-state index in [9.17, 15) is 5.11 Å². The molecule has 0 saturated heterocycles. The number of benzene rings is 2. The highest BCUT2D eigenvalue weighted by molar-refractivity contribution is 5.77. The topological polar surface area (TPSA) is 84.3 Å². The largest absolute Gasteiger partial charge is 0.508 e. The van der Waals surface area contributed by atoms with Crippen LogP contribution in [0.2, 0.25) is 0 Å². The standard InChI is InChI=1S/C13H15N3O/c1-8-5-12(15)13(7-11(8)14)16-9-3-2-4-10(17)6-9/h2-7,16-17H,14-15H2,1H3. The van der Waals surface area contributed by atoms with E-state index in [0.29, 0.717) is 11.4 Å². The van der Waals surface area contributed by atoms with Crippen molar-refractivity contribution >= 4 is 22.7 Å². The molecule has 0 radical (unpaired) electrons. The minimum atomic E-state index is 0.202. The van der Waals surface area contributed by atoms with Gasteiger partial charge in [-0.3, -0.25) is 0 Å². The molecule has 0 aliphatic carbocycles. The van der Waals surface area contributed by atoms with Crippen LogP contribution in [0, 0.1) is 6.92 Å². The van der Waals surface area contributed by atoms with Crippen LogP contribution in [-0.4, -0.2) is 5.11 Å². The predicted octanol–water partition coefficient (Wildman–Crippen LogP) is 2.61. The molecule has 6 N–H and O–H groups in total. The summed E-state index contributed by atoms with van der Waals surface area (Å²) in [6, 6.07) is 10.4. The molecule has 2 aromatic rings. The lowest BCUT2D eigenvalue weighted by Crippen LogP contribution is -1.99. The van der Waals surface area contributed by atoms with Crippen molar-refractivity contribution in [3.05, 3.63) is 42.0 Å². The van der Waals surface area contributed by atoms with Crippen molar-refractivity contribution in [2.45, 2.75) is 6.92 Å². The normalized spacial score (nSPS) is 10.2. The Morgan fingerprint density at radius 1 is 1.06 bits per heavy atom. The first-order chi connectivity index (χ1) is 8.06. The first kappa shape index (κ1) is 11.1. The Labute approximate surface area is 99.9 Å². The average molecular weight is 229 g/mol. The Kier molecular flexibility index (Phi) is 2.78. The highest BCUT2D eigenvalue weighted by Gasteiger charge is 2.03. The number of rotatable bonds is 2. The van der Waals surface area contributed by atoms with Crippen molar-refractivity contribution < 1.29 is 5.11 Å². The number of phenols is 1. The van der Waals surface area contributed by atoms with Gasteiger partial charge in [-0.25, -0.2) is 0 Å². The van der Waals surface area contributed by atoms with Crippen LogP contribution in [0.3, 0.4) is 0 Å². The number of hydrogen-bond acceptors (Lipinski definition) is 4. The number of nitrogens with two attached hydrogens (primary N) is 2. The van der Waals surface area contributed by atoms with E-state index in [-0.39, 0.29) is 5.75 Å². The average Bonchev–Trinajstić information content (AvgIpc) is 2.26. The van der Waals surface area contributed by atoms with Gasteiger partial charge < -0.3 is 21.9 Å². The highest BCUT2D eigenvalue weighted by Crippen LogP contribution is 2.28. The van der Waals surface area contributed by atoms with Gasteiger partial charge in [-0.15, -0.1) is 0 Å². The lowest BCUT2D eigenvalue weighted by atomic mass is 10.1. The Balaban J connectivity index is 2.33. The predicted molar refractivity (Wildman–Crippen MR) is 71.4 cm³/mol. The van der Waals surface area contributed by atoms with Crippen molar-refractivity contribution in [1.82, 2.24) is 0 Å². The molecule has 0 aliphatic rings. The van der Waals surface area contributed by atoms with Gasteiger partial charge in [0, 0.05) is 17.4 Å². The second kappa shape index (κ2) is 4.25. The molecule has 17 heavy (non-hydrogen) atoms. The Morgan fingerprint density at radius 3 is 2.53 bits per heavy atom. The van der Waals surface area contributed by atoms with E-state index in [2.05, 4.69) is 5.32 Å². The number of nitrogens with one attached hydrogen (secondary N) is 1. The summed E-state index contributed by atoms with van der Waals surface area (Å²) in [7, 11) is 0. The third-order valence-electron chi connectivity index (χ3n) is 2.56. The molecule has 0 bridgehead atoms. The quantitative estimate of drug-likeness (QED) is 0.596. The van der Waals surface area contributed by atoms with Crippen LogP contribution in [0.15, 0.2) is 36.4 Å². The summed E-state index contributed by atoms with van der Waals surface area (Å²) in [4.78, 5) is 0. The molecule has 2 aromatic carbocycles. The SMILES string of the molecule is Cc1cc(N)c(Nc2cccc(O)c2)cc1N. The van der Waals surface area contributed by atoms with Gasteiger partial charge in [-0.2, -0.15) is 0 Å². The van der Waals surface area contributed by atoms with E-state index >= 15 is 0 Å². The maximum Gasteiger partial charge on any atom is 0.117 e. The molecule has 0 heterocycles.